The maximum atomic E-state index is 12.0. The fourth-order valence-electron chi connectivity index (χ4n) is 1.80. The van der Waals surface area contributed by atoms with Gasteiger partial charge in [-0.25, -0.2) is 0 Å². The lowest BCUT2D eigenvalue weighted by atomic mass is 10.1. The van der Waals surface area contributed by atoms with Crippen molar-refractivity contribution in [3.8, 4) is 5.75 Å². The number of carbonyl (C=O) groups excluding carboxylic acids is 2. The number of aromatic carboxylic acids is 1. The molecule has 0 radical (unpaired) electrons. The van der Waals surface area contributed by atoms with Crippen LogP contribution in [0.4, 0.5) is 8.78 Å². The summed E-state index contributed by atoms with van der Waals surface area (Å²) >= 11 is 0. The van der Waals surface area contributed by atoms with Gasteiger partial charge >= 0.3 is 6.61 Å². The molecule has 0 bridgehead atoms. The molecule has 2 rings (SSSR count). The summed E-state index contributed by atoms with van der Waals surface area (Å²) in [5, 5.41) is 10.6. The molecule has 4 nitrogen and oxygen atoms in total. The van der Waals surface area contributed by atoms with Crippen molar-refractivity contribution in [3.63, 3.8) is 0 Å². The summed E-state index contributed by atoms with van der Waals surface area (Å²) in [6, 6.07) is 11.1. The Balaban J connectivity index is 2.04. The first kappa shape index (κ1) is 16.4. The molecule has 6 heteroatoms. The van der Waals surface area contributed by atoms with Gasteiger partial charge in [0.1, 0.15) is 5.75 Å². The van der Waals surface area contributed by atoms with Crippen molar-refractivity contribution in [1.82, 2.24) is 0 Å². The molecule has 0 aliphatic heterocycles. The van der Waals surface area contributed by atoms with Gasteiger partial charge in [0, 0.05) is 5.56 Å². The first-order valence-electron chi connectivity index (χ1n) is 6.54. The molecule has 0 amide bonds. The van der Waals surface area contributed by atoms with Crippen LogP contribution in [-0.2, 0) is 0 Å². The van der Waals surface area contributed by atoms with Crippen molar-refractivity contribution in [1.29, 1.82) is 0 Å². The van der Waals surface area contributed by atoms with Gasteiger partial charge in [-0.15, -0.1) is 0 Å². The average Bonchev–Trinajstić information content (AvgIpc) is 2.53. The molecule has 0 aliphatic rings. The summed E-state index contributed by atoms with van der Waals surface area (Å²) in [4.78, 5) is 22.6. The van der Waals surface area contributed by atoms with Crippen LogP contribution < -0.4 is 9.84 Å². The van der Waals surface area contributed by atoms with Crippen molar-refractivity contribution < 1.29 is 28.2 Å². The summed E-state index contributed by atoms with van der Waals surface area (Å²) in [6.07, 6.45) is 2.82. The lowest BCUT2D eigenvalue weighted by molar-refractivity contribution is -0.255. The maximum absolute atomic E-state index is 12.0. The average molecular weight is 317 g/mol. The second-order valence-corrected chi connectivity index (χ2v) is 4.51. The highest BCUT2D eigenvalue weighted by atomic mass is 19.3. The Bertz CT molecular complexity index is 719. The predicted octanol–water partition coefficient (Wildman–Crippen LogP) is 2.55. The van der Waals surface area contributed by atoms with Crippen molar-refractivity contribution in [2.75, 3.05) is 0 Å². The Labute approximate surface area is 130 Å². The van der Waals surface area contributed by atoms with Gasteiger partial charge in [0.15, 0.2) is 5.78 Å². The van der Waals surface area contributed by atoms with Crippen LogP contribution in [0.2, 0.25) is 0 Å². The van der Waals surface area contributed by atoms with Crippen LogP contribution in [-0.4, -0.2) is 18.4 Å². The van der Waals surface area contributed by atoms with E-state index < -0.39 is 12.6 Å². The third-order valence-electron chi connectivity index (χ3n) is 2.94. The summed E-state index contributed by atoms with van der Waals surface area (Å²) in [5.41, 5.74) is 0.998. The van der Waals surface area contributed by atoms with E-state index in [-0.39, 0.29) is 17.1 Å². The Hall–Kier alpha value is -3.02. The molecule has 118 valence electrons. The zero-order valence-electron chi connectivity index (χ0n) is 11.7. The zero-order chi connectivity index (χ0) is 16.8. The minimum Gasteiger partial charge on any atom is -0.545 e. The zero-order valence-corrected chi connectivity index (χ0v) is 11.7. The maximum Gasteiger partial charge on any atom is 0.387 e. The molecule has 0 atom stereocenters. The van der Waals surface area contributed by atoms with E-state index in [0.29, 0.717) is 11.1 Å². The predicted molar refractivity (Wildman–Crippen MR) is 77.2 cm³/mol. The smallest absolute Gasteiger partial charge is 0.387 e. The Morgan fingerprint density at radius 1 is 0.957 bits per heavy atom. The van der Waals surface area contributed by atoms with Crippen LogP contribution in [0.15, 0.2) is 54.6 Å². The molecule has 23 heavy (non-hydrogen) atoms. The molecule has 2 aromatic rings. The summed E-state index contributed by atoms with van der Waals surface area (Å²) < 4.78 is 28.2. The van der Waals surface area contributed by atoms with Crippen molar-refractivity contribution in [3.05, 3.63) is 71.3 Å². The van der Waals surface area contributed by atoms with E-state index in [1.54, 1.807) is 0 Å². The van der Waals surface area contributed by atoms with E-state index in [1.807, 2.05) is 0 Å². The molecule has 0 saturated carbocycles. The number of ether oxygens (including phenoxy) is 1. The number of alkyl halides is 2. The van der Waals surface area contributed by atoms with Crippen LogP contribution in [0.25, 0.3) is 6.08 Å². The molecule has 0 aromatic heterocycles. The highest BCUT2D eigenvalue weighted by molar-refractivity contribution is 6.06. The van der Waals surface area contributed by atoms with Gasteiger partial charge in [0.05, 0.1) is 5.97 Å². The lowest BCUT2D eigenvalue weighted by Crippen LogP contribution is -2.21. The summed E-state index contributed by atoms with van der Waals surface area (Å²) in [5.74, 6) is -1.63. The third-order valence-corrected chi connectivity index (χ3v) is 2.94. The topological polar surface area (TPSA) is 66.4 Å². The minimum absolute atomic E-state index is 0.0293. The van der Waals surface area contributed by atoms with Crippen LogP contribution in [0.5, 0.6) is 5.75 Å². The molecule has 0 unspecified atom stereocenters. The van der Waals surface area contributed by atoms with E-state index in [2.05, 4.69) is 4.74 Å². The van der Waals surface area contributed by atoms with E-state index in [0.717, 1.165) is 0 Å². The second-order valence-electron chi connectivity index (χ2n) is 4.51. The molecule has 0 fully saturated rings. The minimum atomic E-state index is -2.92. The van der Waals surface area contributed by atoms with Gasteiger partial charge in [-0.3, -0.25) is 4.79 Å². The van der Waals surface area contributed by atoms with Gasteiger partial charge in [0.2, 0.25) is 0 Å². The van der Waals surface area contributed by atoms with E-state index in [9.17, 15) is 23.5 Å². The fraction of sp³-hybridized carbons (Fsp3) is 0.0588. The normalized spacial score (nSPS) is 10.9. The number of rotatable bonds is 6. The highest BCUT2D eigenvalue weighted by Crippen LogP contribution is 2.16. The molecular weight excluding hydrogens is 306 g/mol. The standard InChI is InChI=1S/C17H12F2O4/c18-17(19)23-14-8-6-12(7-9-14)15(20)10-3-11-1-4-13(5-2-11)16(21)22/h1-10,17H,(H,21,22)/p-1/b10-3+. The van der Waals surface area contributed by atoms with Crippen LogP contribution in [0, 0.1) is 0 Å². The number of carbonyl (C=O) groups is 2. The number of halogens is 2. The summed E-state index contributed by atoms with van der Waals surface area (Å²) in [7, 11) is 0. The van der Waals surface area contributed by atoms with E-state index >= 15 is 0 Å². The Kier molecular flexibility index (Phi) is 5.19. The van der Waals surface area contributed by atoms with Gasteiger partial charge in [-0.05, 0) is 41.5 Å². The van der Waals surface area contributed by atoms with Gasteiger partial charge in [-0.1, -0.05) is 30.3 Å². The number of carboxylic acids is 1. The van der Waals surface area contributed by atoms with Gasteiger partial charge in [-0.2, -0.15) is 8.78 Å². The number of hydrogen-bond acceptors (Lipinski definition) is 4. The number of benzene rings is 2. The molecule has 0 aliphatic carbocycles. The fourth-order valence-corrected chi connectivity index (χ4v) is 1.80. The van der Waals surface area contributed by atoms with Crippen LogP contribution >= 0.6 is 0 Å². The van der Waals surface area contributed by atoms with Crippen LogP contribution in [0.1, 0.15) is 26.3 Å². The number of carboxylic acid groups (broad SMARTS) is 1. The Morgan fingerprint density at radius 2 is 1.52 bits per heavy atom. The quantitative estimate of drug-likeness (QED) is 0.606. The molecular formula is C17H11F2O4-. The van der Waals surface area contributed by atoms with Crippen molar-refractivity contribution >= 4 is 17.8 Å². The molecule has 0 heterocycles. The lowest BCUT2D eigenvalue weighted by Gasteiger charge is -2.04. The number of allylic oxidation sites excluding steroid dienone is 1. The van der Waals surface area contributed by atoms with Gasteiger partial charge < -0.3 is 14.6 Å². The first-order valence-corrected chi connectivity index (χ1v) is 6.54. The van der Waals surface area contributed by atoms with Crippen molar-refractivity contribution in [2.24, 2.45) is 0 Å². The van der Waals surface area contributed by atoms with Gasteiger partial charge in [0.25, 0.3) is 0 Å². The van der Waals surface area contributed by atoms with E-state index in [1.165, 1.54) is 60.7 Å². The summed E-state index contributed by atoms with van der Waals surface area (Å²) in [6.45, 7) is -2.92. The first-order chi connectivity index (χ1) is 11.0. The molecule has 0 saturated heterocycles. The largest absolute Gasteiger partial charge is 0.545 e. The molecule has 2 aromatic carbocycles. The highest BCUT2D eigenvalue weighted by Gasteiger charge is 2.06. The van der Waals surface area contributed by atoms with E-state index in [4.69, 9.17) is 0 Å². The number of hydrogen-bond donors (Lipinski definition) is 0. The number of ketones is 1. The molecule has 0 spiro atoms. The molecule has 0 N–H and O–H groups in total. The third kappa shape index (κ3) is 4.74. The second kappa shape index (κ2) is 7.31. The monoisotopic (exact) mass is 317 g/mol. The van der Waals surface area contributed by atoms with Crippen LogP contribution in [0.3, 0.4) is 0 Å². The Morgan fingerprint density at radius 3 is 2.04 bits per heavy atom. The SMILES string of the molecule is O=C([O-])c1ccc(/C=C/C(=O)c2ccc(OC(F)F)cc2)cc1. The van der Waals surface area contributed by atoms with Crippen molar-refractivity contribution in [2.45, 2.75) is 6.61 Å².